The first-order valence-electron chi connectivity index (χ1n) is 14.7. The summed E-state index contributed by atoms with van der Waals surface area (Å²) < 4.78 is 4.77. The predicted octanol–water partition coefficient (Wildman–Crippen LogP) is 11.0. The van der Waals surface area contributed by atoms with Gasteiger partial charge in [-0.25, -0.2) is 0 Å². The van der Waals surface area contributed by atoms with E-state index in [1.165, 1.54) is 43.6 Å². The Morgan fingerprint density at radius 1 is 0.652 bits per heavy atom. The van der Waals surface area contributed by atoms with Crippen LogP contribution in [0.25, 0.3) is 86.3 Å². The summed E-state index contributed by atoms with van der Waals surface area (Å²) >= 11 is 3.16. The van der Waals surface area contributed by atoms with Crippen molar-refractivity contribution < 1.29 is 0 Å². The molecule has 218 valence electrons. The first-order valence-corrected chi connectivity index (χ1v) is 16.3. The number of hydrogen-bond donors (Lipinski definition) is 0. The van der Waals surface area contributed by atoms with Crippen LogP contribution in [0.3, 0.4) is 0 Å². The number of aryl methyl sites for hydroxylation is 2. The number of nitrogens with zero attached hydrogens (tertiary/aromatic N) is 6. The van der Waals surface area contributed by atoms with Crippen LogP contribution >= 0.6 is 22.7 Å². The number of aromatic nitrogens is 2. The minimum absolute atomic E-state index is 0.0714. The Morgan fingerprint density at radius 2 is 1.11 bits per heavy atom. The van der Waals surface area contributed by atoms with Crippen LogP contribution in [0.1, 0.15) is 23.6 Å². The SMILES string of the molecule is [C-]#[N+]C(=Cc1ccc(-c2ccc3c4cc5c(cc4n(CC)c3c2)c2ccc(-c3ccc(C=C(C#N)C#N)s3)cc2n5CC)s1)[N+]#[C-]. The van der Waals surface area contributed by atoms with Crippen molar-refractivity contribution in [3.8, 4) is 33.0 Å². The van der Waals surface area contributed by atoms with Crippen LogP contribution in [0.5, 0.6) is 0 Å². The van der Waals surface area contributed by atoms with Gasteiger partial charge in [0.15, 0.2) is 0 Å². The maximum absolute atomic E-state index is 9.14. The maximum Gasteiger partial charge on any atom is 0.520 e. The van der Waals surface area contributed by atoms with Crippen molar-refractivity contribution in [1.82, 2.24) is 9.13 Å². The second-order valence-electron chi connectivity index (χ2n) is 10.8. The third-order valence-corrected chi connectivity index (χ3v) is 10.5. The molecule has 0 N–H and O–H groups in total. The first-order chi connectivity index (χ1) is 22.5. The Balaban J connectivity index is 1.36. The van der Waals surface area contributed by atoms with Gasteiger partial charge in [0.1, 0.15) is 30.9 Å². The van der Waals surface area contributed by atoms with E-state index in [9.17, 15) is 0 Å². The number of fused-ring (bicyclic) bond motifs is 6. The second kappa shape index (κ2) is 11.6. The van der Waals surface area contributed by atoms with Gasteiger partial charge < -0.3 is 9.13 Å². The molecule has 0 aliphatic rings. The van der Waals surface area contributed by atoms with E-state index in [2.05, 4.69) is 87.3 Å². The Bertz CT molecular complexity index is 2390. The monoisotopic (exact) mass is 628 g/mol. The lowest BCUT2D eigenvalue weighted by molar-refractivity contribution is 0.824. The zero-order valence-electron chi connectivity index (χ0n) is 25.0. The fourth-order valence-corrected chi connectivity index (χ4v) is 8.17. The van der Waals surface area contributed by atoms with Crippen molar-refractivity contribution in [2.24, 2.45) is 0 Å². The van der Waals surface area contributed by atoms with Crippen LogP contribution in [0.2, 0.25) is 0 Å². The average molecular weight is 629 g/mol. The molecule has 0 radical (unpaired) electrons. The standard InChI is InChI=1S/C38H24N6S2/c1-5-43-32-16-24(36-13-9-26(45-36)15-23(21-39)22-40)7-11-28(32)30-19-35-31(20-34(30)43)29-12-8-25(17-33(29)44(35)6-2)37-14-10-27(46-37)18-38(41-3)42-4/h7-20H,5-6H2,1-2H3. The molecule has 7 aromatic rings. The largest absolute Gasteiger partial charge is 0.520 e. The Kier molecular flexibility index (Phi) is 7.24. The summed E-state index contributed by atoms with van der Waals surface area (Å²) in [6, 6.07) is 29.8. The van der Waals surface area contributed by atoms with Crippen LogP contribution in [0.15, 0.2) is 84.2 Å². The minimum atomic E-state index is 0.0714. The molecule has 0 amide bonds. The highest BCUT2D eigenvalue weighted by molar-refractivity contribution is 7.16. The van der Waals surface area contributed by atoms with Gasteiger partial charge in [0.2, 0.25) is 0 Å². The molecule has 4 heterocycles. The van der Waals surface area contributed by atoms with Crippen molar-refractivity contribution >= 4 is 78.4 Å². The Hall–Kier alpha value is -5.90. The van der Waals surface area contributed by atoms with Gasteiger partial charge in [0.05, 0.1) is 0 Å². The lowest BCUT2D eigenvalue weighted by Crippen LogP contribution is -1.94. The topological polar surface area (TPSA) is 66.2 Å². The summed E-state index contributed by atoms with van der Waals surface area (Å²) in [5.41, 5.74) is 7.10. The molecule has 6 nitrogen and oxygen atoms in total. The van der Waals surface area contributed by atoms with E-state index in [1.54, 1.807) is 34.8 Å². The smallest absolute Gasteiger partial charge is 0.341 e. The third-order valence-electron chi connectivity index (χ3n) is 8.34. The van der Waals surface area contributed by atoms with Gasteiger partial charge in [-0.15, -0.1) is 22.7 Å². The van der Waals surface area contributed by atoms with Crippen LogP contribution < -0.4 is 0 Å². The van der Waals surface area contributed by atoms with E-state index in [0.717, 1.165) is 43.7 Å². The van der Waals surface area contributed by atoms with Gasteiger partial charge in [-0.2, -0.15) is 20.2 Å². The summed E-state index contributed by atoms with van der Waals surface area (Å²) in [6.45, 7) is 20.4. The number of thiophene rings is 2. The van der Waals surface area contributed by atoms with E-state index in [1.807, 2.05) is 30.3 Å². The lowest BCUT2D eigenvalue weighted by Gasteiger charge is -2.05. The molecule has 0 saturated heterocycles. The van der Waals surface area contributed by atoms with Crippen molar-refractivity contribution in [2.75, 3.05) is 0 Å². The number of nitriles is 2. The molecule has 0 bridgehead atoms. The van der Waals surface area contributed by atoms with Gasteiger partial charge in [-0.1, -0.05) is 24.3 Å². The number of hydrogen-bond acceptors (Lipinski definition) is 4. The van der Waals surface area contributed by atoms with Crippen LogP contribution in [0, 0.1) is 35.8 Å². The molecule has 7 rings (SSSR count). The van der Waals surface area contributed by atoms with Gasteiger partial charge >= 0.3 is 5.82 Å². The Morgan fingerprint density at radius 3 is 1.54 bits per heavy atom. The number of rotatable bonds is 6. The van der Waals surface area contributed by atoms with Gasteiger partial charge in [0.25, 0.3) is 0 Å². The fourth-order valence-electron chi connectivity index (χ4n) is 6.29. The highest BCUT2D eigenvalue weighted by Gasteiger charge is 2.18. The lowest BCUT2D eigenvalue weighted by atomic mass is 10.1. The summed E-state index contributed by atoms with van der Waals surface area (Å²) in [6.07, 6.45) is 3.28. The predicted molar refractivity (Wildman–Crippen MR) is 191 cm³/mol. The van der Waals surface area contributed by atoms with Crippen molar-refractivity contribution in [3.63, 3.8) is 0 Å². The zero-order valence-corrected chi connectivity index (χ0v) is 26.6. The molecule has 0 saturated carbocycles. The number of allylic oxidation sites excluding steroid dienone is 1. The summed E-state index contributed by atoms with van der Waals surface area (Å²) in [5.74, 6) is 0.0714. The molecular weight excluding hydrogens is 605 g/mol. The maximum atomic E-state index is 9.14. The van der Waals surface area contributed by atoms with Gasteiger partial charge in [-0.05, 0) is 79.6 Å². The fraction of sp³-hybridized carbons (Fsp3) is 0.105. The quantitative estimate of drug-likeness (QED) is 0.136. The zero-order chi connectivity index (χ0) is 31.9. The average Bonchev–Trinajstić information content (AvgIpc) is 3.88. The third kappa shape index (κ3) is 4.66. The van der Waals surface area contributed by atoms with E-state index in [4.69, 9.17) is 23.7 Å². The molecule has 46 heavy (non-hydrogen) atoms. The normalized spacial score (nSPS) is 10.9. The van der Waals surface area contributed by atoms with Crippen molar-refractivity contribution in [2.45, 2.75) is 26.9 Å². The molecule has 8 heteroatoms. The summed E-state index contributed by atoms with van der Waals surface area (Å²) in [5, 5.41) is 23.2. The van der Waals surface area contributed by atoms with Crippen molar-refractivity contribution in [3.05, 3.63) is 117 Å². The molecule has 3 aromatic carbocycles. The van der Waals surface area contributed by atoms with E-state index < -0.39 is 0 Å². The van der Waals surface area contributed by atoms with E-state index >= 15 is 0 Å². The molecule has 0 fully saturated rings. The molecule has 0 spiro atoms. The molecule has 4 aromatic heterocycles. The molecule has 0 aliphatic carbocycles. The van der Waals surface area contributed by atoms with Gasteiger partial charge in [0, 0.05) is 82.3 Å². The van der Waals surface area contributed by atoms with Crippen LogP contribution in [-0.2, 0) is 13.1 Å². The molecular formula is C38H24N6S2. The molecule has 0 unspecified atom stereocenters. The van der Waals surface area contributed by atoms with Crippen molar-refractivity contribution in [1.29, 1.82) is 10.5 Å². The van der Waals surface area contributed by atoms with Gasteiger partial charge in [-0.3, -0.25) is 0 Å². The van der Waals surface area contributed by atoms with E-state index in [0.29, 0.717) is 0 Å². The first kappa shape index (κ1) is 28.8. The molecule has 0 aliphatic heterocycles. The minimum Gasteiger partial charge on any atom is -0.341 e. The van der Waals surface area contributed by atoms with Crippen LogP contribution in [0.4, 0.5) is 0 Å². The number of benzene rings is 3. The van der Waals surface area contributed by atoms with E-state index in [-0.39, 0.29) is 11.4 Å². The van der Waals surface area contributed by atoms with Crippen LogP contribution in [-0.4, -0.2) is 9.13 Å². The highest BCUT2D eigenvalue weighted by atomic mass is 32.1. The molecule has 0 atom stereocenters. The highest BCUT2D eigenvalue weighted by Crippen LogP contribution is 2.40. The summed E-state index contributed by atoms with van der Waals surface area (Å²) in [4.78, 5) is 10.6. The Labute approximate surface area is 273 Å². The summed E-state index contributed by atoms with van der Waals surface area (Å²) in [7, 11) is 0. The second-order valence-corrected chi connectivity index (χ2v) is 13.0.